The van der Waals surface area contributed by atoms with Crippen LogP contribution >= 0.6 is 0 Å². The predicted octanol–water partition coefficient (Wildman–Crippen LogP) is 2.06. The lowest BCUT2D eigenvalue weighted by Crippen LogP contribution is -2.39. The second kappa shape index (κ2) is 2.16. The highest BCUT2D eigenvalue weighted by Crippen LogP contribution is 2.56. The first-order valence-electron chi connectivity index (χ1n) is 5.08. The number of rotatable bonds is 1. The van der Waals surface area contributed by atoms with Gasteiger partial charge in [-0.3, -0.25) is 0 Å². The molecule has 3 rings (SSSR count). The summed E-state index contributed by atoms with van der Waals surface area (Å²) in [6.07, 6.45) is 2.42. The molecule has 1 heteroatoms. The Labute approximate surface area is 78.9 Å². The fourth-order valence-corrected chi connectivity index (χ4v) is 2.70. The third kappa shape index (κ3) is 0.856. The molecular formula is C12H15N. The minimum atomic E-state index is 0.147. The molecule has 2 aliphatic rings. The molecule has 0 saturated heterocycles. The highest BCUT2D eigenvalue weighted by atomic mass is 14.9. The zero-order valence-corrected chi connectivity index (χ0v) is 7.96. The summed E-state index contributed by atoms with van der Waals surface area (Å²) in [5, 5.41) is 0. The van der Waals surface area contributed by atoms with Gasteiger partial charge in [-0.2, -0.15) is 0 Å². The van der Waals surface area contributed by atoms with Crippen molar-refractivity contribution in [1.82, 2.24) is 0 Å². The first kappa shape index (κ1) is 7.57. The smallest absolute Gasteiger partial charge is 0.0256 e. The van der Waals surface area contributed by atoms with Crippen LogP contribution in [0.25, 0.3) is 0 Å². The third-order valence-corrected chi connectivity index (χ3v) is 3.92. The third-order valence-electron chi connectivity index (χ3n) is 3.92. The van der Waals surface area contributed by atoms with E-state index in [1.54, 1.807) is 0 Å². The monoisotopic (exact) mass is 173 g/mol. The van der Waals surface area contributed by atoms with Crippen molar-refractivity contribution in [2.45, 2.75) is 31.2 Å². The Morgan fingerprint density at radius 1 is 1.38 bits per heavy atom. The van der Waals surface area contributed by atoms with Crippen molar-refractivity contribution in [3.05, 3.63) is 35.4 Å². The largest absolute Gasteiger partial charge is 0.324 e. The molecular weight excluding hydrogens is 158 g/mol. The number of benzene rings is 1. The highest BCUT2D eigenvalue weighted by Gasteiger charge is 2.56. The number of fused-ring (bicyclic) bond motifs is 1. The first-order chi connectivity index (χ1) is 6.22. The molecule has 2 N–H and O–H groups in total. The van der Waals surface area contributed by atoms with Crippen molar-refractivity contribution in [3.8, 4) is 0 Å². The molecule has 0 bridgehead atoms. The summed E-state index contributed by atoms with van der Waals surface area (Å²) in [5.74, 6) is 1.38. The molecule has 3 unspecified atom stereocenters. The molecule has 1 nitrogen and oxygen atoms in total. The lowest BCUT2D eigenvalue weighted by Gasteiger charge is -2.35. The van der Waals surface area contributed by atoms with Crippen LogP contribution in [0.4, 0.5) is 0 Å². The van der Waals surface area contributed by atoms with Gasteiger partial charge in [0.05, 0.1) is 0 Å². The lowest BCUT2D eigenvalue weighted by molar-refractivity contribution is 0.443. The first-order valence-corrected chi connectivity index (χ1v) is 5.08. The second-order valence-corrected chi connectivity index (χ2v) is 4.67. The van der Waals surface area contributed by atoms with E-state index in [1.165, 1.54) is 24.0 Å². The second-order valence-electron chi connectivity index (χ2n) is 4.67. The highest BCUT2D eigenvalue weighted by molar-refractivity contribution is 5.45. The van der Waals surface area contributed by atoms with Crippen LogP contribution in [0.1, 0.15) is 30.4 Å². The van der Waals surface area contributed by atoms with Crippen LogP contribution in [-0.4, -0.2) is 5.54 Å². The van der Waals surface area contributed by atoms with Gasteiger partial charge < -0.3 is 5.73 Å². The molecule has 2 aliphatic carbocycles. The molecule has 1 fully saturated rings. The fraction of sp³-hybridized carbons (Fsp3) is 0.500. The van der Waals surface area contributed by atoms with Gasteiger partial charge in [0.25, 0.3) is 0 Å². The maximum absolute atomic E-state index is 6.31. The summed E-state index contributed by atoms with van der Waals surface area (Å²) in [5.41, 5.74) is 9.48. The molecule has 0 heterocycles. The maximum Gasteiger partial charge on any atom is 0.0256 e. The Kier molecular flexibility index (Phi) is 1.26. The van der Waals surface area contributed by atoms with Crippen molar-refractivity contribution in [2.75, 3.05) is 0 Å². The van der Waals surface area contributed by atoms with Crippen LogP contribution in [0.3, 0.4) is 0 Å². The average Bonchev–Trinajstić information content (AvgIpc) is 2.63. The molecule has 13 heavy (non-hydrogen) atoms. The van der Waals surface area contributed by atoms with Gasteiger partial charge >= 0.3 is 0 Å². The normalized spacial score (nSPS) is 40.8. The van der Waals surface area contributed by atoms with Gasteiger partial charge in [-0.05, 0) is 29.9 Å². The van der Waals surface area contributed by atoms with Crippen molar-refractivity contribution in [3.63, 3.8) is 0 Å². The van der Waals surface area contributed by atoms with E-state index in [4.69, 9.17) is 5.73 Å². The molecule has 1 aromatic rings. The number of hydrogen-bond acceptors (Lipinski definition) is 1. The van der Waals surface area contributed by atoms with E-state index in [0.717, 1.165) is 5.92 Å². The average molecular weight is 173 g/mol. The zero-order valence-electron chi connectivity index (χ0n) is 7.96. The van der Waals surface area contributed by atoms with E-state index in [0.29, 0.717) is 5.92 Å². The molecule has 0 spiro atoms. The Morgan fingerprint density at radius 2 is 2.08 bits per heavy atom. The Balaban J connectivity index is 1.94. The number of hydrogen-bond donors (Lipinski definition) is 1. The van der Waals surface area contributed by atoms with Gasteiger partial charge in [0.2, 0.25) is 0 Å². The minimum absolute atomic E-state index is 0.147. The standard InChI is InChI=1S/C12H15N/c1-8-7-12(8,13)11-6-9-4-2-3-5-10(9)11/h2-5,8,11H,6-7,13H2,1H3. The summed E-state index contributed by atoms with van der Waals surface area (Å²) >= 11 is 0. The molecule has 1 saturated carbocycles. The molecule has 0 aromatic heterocycles. The zero-order chi connectivity index (χ0) is 9.05. The van der Waals surface area contributed by atoms with E-state index >= 15 is 0 Å². The summed E-state index contributed by atoms with van der Waals surface area (Å²) in [6.45, 7) is 2.26. The van der Waals surface area contributed by atoms with Gasteiger partial charge in [-0.15, -0.1) is 0 Å². The van der Waals surface area contributed by atoms with Gasteiger partial charge in [-0.25, -0.2) is 0 Å². The summed E-state index contributed by atoms with van der Waals surface area (Å²) in [6, 6.07) is 8.71. The summed E-state index contributed by atoms with van der Waals surface area (Å²) < 4.78 is 0. The van der Waals surface area contributed by atoms with Crippen molar-refractivity contribution in [1.29, 1.82) is 0 Å². The van der Waals surface area contributed by atoms with Gasteiger partial charge in [0.1, 0.15) is 0 Å². The summed E-state index contributed by atoms with van der Waals surface area (Å²) in [7, 11) is 0. The Hall–Kier alpha value is -0.820. The molecule has 0 amide bonds. The molecule has 68 valence electrons. The van der Waals surface area contributed by atoms with E-state index in [-0.39, 0.29) is 5.54 Å². The van der Waals surface area contributed by atoms with Crippen molar-refractivity contribution >= 4 is 0 Å². The predicted molar refractivity (Wildman–Crippen MR) is 53.6 cm³/mol. The van der Waals surface area contributed by atoms with Crippen LogP contribution in [0.2, 0.25) is 0 Å². The van der Waals surface area contributed by atoms with Crippen LogP contribution in [-0.2, 0) is 6.42 Å². The quantitative estimate of drug-likeness (QED) is 0.691. The van der Waals surface area contributed by atoms with Crippen LogP contribution in [0, 0.1) is 5.92 Å². The molecule has 0 aliphatic heterocycles. The van der Waals surface area contributed by atoms with Crippen LogP contribution in [0.5, 0.6) is 0 Å². The van der Waals surface area contributed by atoms with Gasteiger partial charge in [-0.1, -0.05) is 31.2 Å². The SMILES string of the molecule is CC1CC1(N)C1Cc2ccccc21. The van der Waals surface area contributed by atoms with E-state index in [2.05, 4.69) is 31.2 Å². The lowest BCUT2D eigenvalue weighted by atomic mass is 9.71. The Bertz CT molecular complexity index is 358. The van der Waals surface area contributed by atoms with E-state index < -0.39 is 0 Å². The fourth-order valence-electron chi connectivity index (χ4n) is 2.70. The maximum atomic E-state index is 6.31. The molecule has 3 atom stereocenters. The van der Waals surface area contributed by atoms with Crippen LogP contribution < -0.4 is 5.73 Å². The van der Waals surface area contributed by atoms with Crippen molar-refractivity contribution in [2.24, 2.45) is 11.7 Å². The van der Waals surface area contributed by atoms with Crippen molar-refractivity contribution < 1.29 is 0 Å². The topological polar surface area (TPSA) is 26.0 Å². The number of nitrogens with two attached hydrogens (primary N) is 1. The molecule has 1 aromatic carbocycles. The summed E-state index contributed by atoms with van der Waals surface area (Å²) in [4.78, 5) is 0. The van der Waals surface area contributed by atoms with Crippen LogP contribution in [0.15, 0.2) is 24.3 Å². The van der Waals surface area contributed by atoms with Gasteiger partial charge in [0.15, 0.2) is 0 Å². The Morgan fingerprint density at radius 3 is 2.69 bits per heavy atom. The van der Waals surface area contributed by atoms with E-state index in [1.807, 2.05) is 0 Å². The van der Waals surface area contributed by atoms with E-state index in [9.17, 15) is 0 Å². The van der Waals surface area contributed by atoms with Gasteiger partial charge in [0, 0.05) is 11.5 Å². The molecule has 0 radical (unpaired) electrons. The minimum Gasteiger partial charge on any atom is -0.324 e.